The maximum Gasteiger partial charge on any atom is 0.284 e. The van der Waals surface area contributed by atoms with E-state index >= 15 is 0 Å². The Kier molecular flexibility index (Phi) is 2.47. The summed E-state index contributed by atoms with van der Waals surface area (Å²) in [4.78, 5) is 22.0. The van der Waals surface area contributed by atoms with E-state index in [4.69, 9.17) is 0 Å². The Hall–Kier alpha value is -2.11. The van der Waals surface area contributed by atoms with Crippen LogP contribution in [0.1, 0.15) is 17.3 Å². The monoisotopic (exact) mass is 221 g/mol. The van der Waals surface area contributed by atoms with Gasteiger partial charge in [-0.15, -0.1) is 0 Å². The lowest BCUT2D eigenvalue weighted by Gasteiger charge is -2.11. The van der Waals surface area contributed by atoms with Crippen molar-refractivity contribution in [3.8, 4) is 0 Å². The predicted octanol–water partition coefficient (Wildman–Crippen LogP) is 1.14. The van der Waals surface area contributed by atoms with Crippen LogP contribution in [0, 0.1) is 10.1 Å². The number of carbonyl (C=O) groups is 1. The molecular formula is C10H11N3O3. The highest BCUT2D eigenvalue weighted by atomic mass is 16.6. The summed E-state index contributed by atoms with van der Waals surface area (Å²) < 4.78 is 0. The molecule has 0 radical (unpaired) electrons. The van der Waals surface area contributed by atoms with Crippen molar-refractivity contribution in [1.82, 2.24) is 5.32 Å². The number of amides is 1. The van der Waals surface area contributed by atoms with E-state index in [1.807, 2.05) is 6.92 Å². The second-order valence-electron chi connectivity index (χ2n) is 3.71. The molecule has 6 nitrogen and oxygen atoms in total. The molecule has 1 aliphatic rings. The third-order valence-corrected chi connectivity index (χ3v) is 2.44. The molecule has 1 unspecified atom stereocenters. The lowest BCUT2D eigenvalue weighted by molar-refractivity contribution is -0.385. The third-order valence-electron chi connectivity index (χ3n) is 2.44. The Balaban J connectivity index is 2.58. The van der Waals surface area contributed by atoms with Gasteiger partial charge < -0.3 is 10.6 Å². The van der Waals surface area contributed by atoms with E-state index in [1.54, 1.807) is 12.1 Å². The summed E-state index contributed by atoms with van der Waals surface area (Å²) in [5.74, 6) is -0.404. The smallest absolute Gasteiger partial charge is 0.284 e. The van der Waals surface area contributed by atoms with Gasteiger partial charge in [0.05, 0.1) is 10.6 Å². The molecule has 0 fully saturated rings. The molecule has 0 saturated carbocycles. The molecule has 1 heterocycles. The third kappa shape index (κ3) is 1.69. The summed E-state index contributed by atoms with van der Waals surface area (Å²) in [6, 6.07) is 4.61. The van der Waals surface area contributed by atoms with Gasteiger partial charge in [-0.2, -0.15) is 0 Å². The zero-order chi connectivity index (χ0) is 11.7. The van der Waals surface area contributed by atoms with Crippen LogP contribution < -0.4 is 10.6 Å². The first-order valence-electron chi connectivity index (χ1n) is 4.91. The molecule has 2 N–H and O–H groups in total. The summed E-state index contributed by atoms with van der Waals surface area (Å²) in [6.45, 7) is 2.35. The van der Waals surface area contributed by atoms with Gasteiger partial charge in [-0.1, -0.05) is 6.07 Å². The fraction of sp³-hybridized carbons (Fsp3) is 0.300. The summed E-state index contributed by atoms with van der Waals surface area (Å²) in [7, 11) is 0. The summed E-state index contributed by atoms with van der Waals surface area (Å²) in [5, 5.41) is 16.5. The molecule has 0 bridgehead atoms. The molecule has 16 heavy (non-hydrogen) atoms. The fourth-order valence-electron chi connectivity index (χ4n) is 1.70. The number of nitrogens with one attached hydrogen (secondary N) is 2. The van der Waals surface area contributed by atoms with Crippen molar-refractivity contribution < 1.29 is 9.72 Å². The second-order valence-corrected chi connectivity index (χ2v) is 3.71. The first kappa shape index (κ1) is 10.4. The number of benzene rings is 1. The van der Waals surface area contributed by atoms with Crippen LogP contribution in [-0.2, 0) is 0 Å². The number of rotatable bonds is 1. The van der Waals surface area contributed by atoms with Crippen LogP contribution in [0.5, 0.6) is 0 Å². The summed E-state index contributed by atoms with van der Waals surface area (Å²) in [5.41, 5.74) is 0.449. The lowest BCUT2D eigenvalue weighted by atomic mass is 10.1. The van der Waals surface area contributed by atoms with Crippen LogP contribution in [0.15, 0.2) is 18.2 Å². The van der Waals surface area contributed by atoms with Crippen molar-refractivity contribution in [3.63, 3.8) is 0 Å². The lowest BCUT2D eigenvalue weighted by Crippen LogP contribution is -2.30. The molecule has 2 rings (SSSR count). The number of anilines is 1. The van der Waals surface area contributed by atoms with Gasteiger partial charge in [-0.05, 0) is 13.0 Å². The van der Waals surface area contributed by atoms with Crippen LogP contribution in [0.4, 0.5) is 11.4 Å². The van der Waals surface area contributed by atoms with Crippen LogP contribution >= 0.6 is 0 Å². The number of nitro benzene ring substituents is 1. The quantitative estimate of drug-likeness (QED) is 0.550. The zero-order valence-corrected chi connectivity index (χ0v) is 8.69. The van der Waals surface area contributed by atoms with Gasteiger partial charge in [-0.25, -0.2) is 0 Å². The first-order valence-corrected chi connectivity index (χ1v) is 4.91. The molecule has 1 aromatic rings. The maximum absolute atomic E-state index is 11.7. The minimum absolute atomic E-state index is 0.0483. The topological polar surface area (TPSA) is 84.3 Å². The average Bonchev–Trinajstić information content (AvgIpc) is 2.38. The van der Waals surface area contributed by atoms with Gasteiger partial charge in [-0.3, -0.25) is 14.9 Å². The van der Waals surface area contributed by atoms with Crippen LogP contribution in [0.3, 0.4) is 0 Å². The number of hydrogen-bond acceptors (Lipinski definition) is 4. The van der Waals surface area contributed by atoms with E-state index in [9.17, 15) is 14.9 Å². The Labute approximate surface area is 91.8 Å². The Morgan fingerprint density at radius 2 is 2.25 bits per heavy atom. The molecule has 1 aromatic carbocycles. The highest BCUT2D eigenvalue weighted by Crippen LogP contribution is 2.27. The average molecular weight is 221 g/mol. The minimum atomic E-state index is -0.546. The van der Waals surface area contributed by atoms with Crippen molar-refractivity contribution in [3.05, 3.63) is 33.9 Å². The zero-order valence-electron chi connectivity index (χ0n) is 8.69. The van der Waals surface area contributed by atoms with Crippen molar-refractivity contribution in [2.45, 2.75) is 13.0 Å². The SMILES string of the molecule is CC1CNC(=O)c2c(cccc2[N+](=O)[O-])N1. The standard InChI is InChI=1S/C10H11N3O3/c1-6-5-11-10(14)9-7(12-6)3-2-4-8(9)13(15)16/h2-4,6,12H,5H2,1H3,(H,11,14). The molecule has 0 saturated heterocycles. The van der Waals surface area contributed by atoms with Gasteiger partial charge in [0.25, 0.3) is 11.6 Å². The molecular weight excluding hydrogens is 210 g/mol. The van der Waals surface area contributed by atoms with Crippen molar-refractivity contribution in [2.24, 2.45) is 0 Å². The molecule has 0 aliphatic carbocycles. The normalized spacial score (nSPS) is 19.1. The van der Waals surface area contributed by atoms with E-state index in [0.717, 1.165) is 0 Å². The fourth-order valence-corrected chi connectivity index (χ4v) is 1.70. The van der Waals surface area contributed by atoms with Crippen molar-refractivity contribution >= 4 is 17.3 Å². The van der Waals surface area contributed by atoms with E-state index in [-0.39, 0.29) is 17.3 Å². The molecule has 1 aliphatic heterocycles. The highest BCUT2D eigenvalue weighted by Gasteiger charge is 2.26. The molecule has 1 amide bonds. The Morgan fingerprint density at radius 3 is 2.94 bits per heavy atom. The number of fused-ring (bicyclic) bond motifs is 1. The van der Waals surface area contributed by atoms with Crippen molar-refractivity contribution in [2.75, 3.05) is 11.9 Å². The summed E-state index contributed by atoms with van der Waals surface area (Å²) >= 11 is 0. The molecule has 1 atom stereocenters. The molecule has 0 aromatic heterocycles. The predicted molar refractivity (Wildman–Crippen MR) is 58.5 cm³/mol. The van der Waals surface area contributed by atoms with Gasteiger partial charge in [0, 0.05) is 18.7 Å². The molecule has 84 valence electrons. The maximum atomic E-state index is 11.7. The Bertz CT molecular complexity index is 459. The first-order chi connectivity index (χ1) is 7.59. The number of carbonyl (C=O) groups excluding carboxylic acids is 1. The molecule has 0 spiro atoms. The van der Waals surface area contributed by atoms with Gasteiger partial charge in [0.2, 0.25) is 0 Å². The number of hydrogen-bond donors (Lipinski definition) is 2. The minimum Gasteiger partial charge on any atom is -0.380 e. The second kappa shape index (κ2) is 3.80. The van der Waals surface area contributed by atoms with E-state index in [2.05, 4.69) is 10.6 Å². The van der Waals surface area contributed by atoms with E-state index < -0.39 is 10.8 Å². The van der Waals surface area contributed by atoms with E-state index in [1.165, 1.54) is 6.07 Å². The van der Waals surface area contributed by atoms with Crippen LogP contribution in [-0.4, -0.2) is 23.4 Å². The van der Waals surface area contributed by atoms with Gasteiger partial charge in [0.1, 0.15) is 5.56 Å². The summed E-state index contributed by atoms with van der Waals surface area (Å²) in [6.07, 6.45) is 0. The largest absolute Gasteiger partial charge is 0.380 e. The Morgan fingerprint density at radius 1 is 1.50 bits per heavy atom. The van der Waals surface area contributed by atoms with E-state index in [0.29, 0.717) is 12.2 Å². The molecule has 6 heteroatoms. The van der Waals surface area contributed by atoms with Gasteiger partial charge in [0.15, 0.2) is 0 Å². The van der Waals surface area contributed by atoms with Crippen LogP contribution in [0.2, 0.25) is 0 Å². The highest BCUT2D eigenvalue weighted by molar-refractivity contribution is 6.04. The number of nitrogens with zero attached hydrogens (tertiary/aromatic N) is 1. The van der Waals surface area contributed by atoms with Crippen molar-refractivity contribution in [1.29, 1.82) is 0 Å². The number of nitro groups is 1. The van der Waals surface area contributed by atoms with Gasteiger partial charge >= 0.3 is 0 Å². The van der Waals surface area contributed by atoms with Crippen LogP contribution in [0.25, 0.3) is 0 Å².